The second kappa shape index (κ2) is 11.0. The predicted molar refractivity (Wildman–Crippen MR) is 101 cm³/mol. The van der Waals surface area contributed by atoms with Gasteiger partial charge >= 0.3 is 53.6 Å². The maximum Gasteiger partial charge on any atom is 0.460 e. The molecule has 0 saturated heterocycles. The van der Waals surface area contributed by atoms with Crippen LogP contribution in [0.1, 0.15) is 19.3 Å². The van der Waals surface area contributed by atoms with E-state index in [1.54, 1.807) is 0 Å². The number of hydrogen-bond acceptors (Lipinski definition) is 4. The number of halogens is 17. The molecule has 0 amide bonds. The molecule has 244 valence electrons. The molecule has 0 bridgehead atoms. The van der Waals surface area contributed by atoms with Gasteiger partial charge in [-0.25, -0.2) is 0 Å². The van der Waals surface area contributed by atoms with Gasteiger partial charge in [0.1, 0.15) is 13.2 Å². The first-order chi connectivity index (χ1) is 18.7. The first kappa shape index (κ1) is 35.4. The third kappa shape index (κ3) is 5.72. The Morgan fingerprint density at radius 2 is 1.07 bits per heavy atom. The normalized spacial score (nSPS) is 16.0. The van der Waals surface area contributed by atoms with E-state index in [-0.39, 0.29) is 26.2 Å². The number of hydrogen-bond donors (Lipinski definition) is 0. The minimum Gasteiger partial charge on any atom is -0.485 e. The van der Waals surface area contributed by atoms with Gasteiger partial charge in [-0.2, -0.15) is 74.6 Å². The lowest BCUT2D eigenvalue weighted by Crippen LogP contribution is -2.74. The Kier molecular flexibility index (Phi) is 9.27. The number of aryl methyl sites for hydroxylation is 1. The van der Waals surface area contributed by atoms with E-state index in [9.17, 15) is 79.4 Å². The standard InChI is InChI=1S/C20H16F17NO4/c21-13(22,3-2-12(39)42-5-1-4-38-8-10-11(9-38)41-7-6-40-10)14(23,24)15(25,26)16(27,28)17(29,30)18(31,32)19(33,34)20(35,36)37/h8-9H,1-7H2. The van der Waals surface area contributed by atoms with Crippen molar-refractivity contribution >= 4 is 5.97 Å². The van der Waals surface area contributed by atoms with Crippen molar-refractivity contribution in [2.45, 2.75) is 73.4 Å². The van der Waals surface area contributed by atoms with Gasteiger partial charge in [0.15, 0.2) is 11.5 Å². The average molecular weight is 657 g/mol. The molecule has 0 unspecified atom stereocenters. The molecule has 0 atom stereocenters. The fourth-order valence-electron chi connectivity index (χ4n) is 3.23. The summed E-state index contributed by atoms with van der Waals surface area (Å²) in [5.74, 6) is -58.1. The molecule has 1 aromatic heterocycles. The van der Waals surface area contributed by atoms with Gasteiger partial charge in [-0.15, -0.1) is 0 Å². The fourth-order valence-corrected chi connectivity index (χ4v) is 3.23. The van der Waals surface area contributed by atoms with Crippen LogP contribution in [-0.2, 0) is 16.1 Å². The third-order valence-corrected chi connectivity index (χ3v) is 5.66. The molecule has 22 heteroatoms. The SMILES string of the molecule is O=C(CCC(F)(F)C(F)(F)C(F)(F)C(F)(F)C(F)(F)C(F)(F)C(F)(F)C(F)(F)F)OCCCn1cc2c(c1)OCCO2. The number of esters is 1. The van der Waals surface area contributed by atoms with E-state index in [1.165, 1.54) is 17.0 Å². The number of carbonyl (C=O) groups is 1. The molecule has 1 aliphatic rings. The molecule has 1 aliphatic heterocycles. The minimum atomic E-state index is -8.70. The molecule has 2 heterocycles. The smallest absolute Gasteiger partial charge is 0.460 e. The zero-order valence-corrected chi connectivity index (χ0v) is 20.1. The van der Waals surface area contributed by atoms with Crippen molar-refractivity contribution in [3.8, 4) is 11.5 Å². The Balaban J connectivity index is 2.09. The molecule has 5 nitrogen and oxygen atoms in total. The molecule has 0 saturated carbocycles. The van der Waals surface area contributed by atoms with Gasteiger partial charge in [-0.1, -0.05) is 0 Å². The van der Waals surface area contributed by atoms with E-state index in [1.807, 2.05) is 0 Å². The highest BCUT2D eigenvalue weighted by atomic mass is 19.4. The van der Waals surface area contributed by atoms with Crippen LogP contribution in [0.2, 0.25) is 0 Å². The number of fused-ring (bicyclic) bond motifs is 1. The summed E-state index contributed by atoms with van der Waals surface area (Å²) < 4.78 is 242. The van der Waals surface area contributed by atoms with Crippen molar-refractivity contribution in [1.82, 2.24) is 4.57 Å². The Morgan fingerprint density at radius 1 is 0.667 bits per heavy atom. The summed E-state index contributed by atoms with van der Waals surface area (Å²) in [6.07, 6.45) is -9.88. The van der Waals surface area contributed by atoms with Crippen LogP contribution in [0, 0.1) is 0 Å². The van der Waals surface area contributed by atoms with Crippen LogP contribution in [0.5, 0.6) is 11.5 Å². The van der Waals surface area contributed by atoms with Crippen LogP contribution in [0.15, 0.2) is 12.4 Å². The maximum atomic E-state index is 13.9. The van der Waals surface area contributed by atoms with Crippen molar-refractivity contribution in [2.75, 3.05) is 19.8 Å². The average Bonchev–Trinajstić information content (AvgIpc) is 3.27. The molecule has 0 spiro atoms. The summed E-state index contributed by atoms with van der Waals surface area (Å²) in [6.45, 7) is -0.0986. The molecular weight excluding hydrogens is 641 g/mol. The van der Waals surface area contributed by atoms with Gasteiger partial charge in [0, 0.05) is 13.0 Å². The highest BCUT2D eigenvalue weighted by molar-refractivity contribution is 5.69. The second-order valence-electron chi connectivity index (χ2n) is 8.64. The zero-order valence-electron chi connectivity index (χ0n) is 20.1. The van der Waals surface area contributed by atoms with E-state index in [0.29, 0.717) is 11.5 Å². The second-order valence-corrected chi connectivity index (χ2v) is 8.64. The van der Waals surface area contributed by atoms with Crippen molar-refractivity contribution in [3.63, 3.8) is 0 Å². The van der Waals surface area contributed by atoms with Crippen LogP contribution in [-0.4, -0.2) is 78.0 Å². The lowest BCUT2D eigenvalue weighted by atomic mass is 9.88. The van der Waals surface area contributed by atoms with Crippen molar-refractivity contribution < 1.29 is 93.6 Å². The summed E-state index contributed by atoms with van der Waals surface area (Å²) in [6, 6.07) is 0. The highest BCUT2D eigenvalue weighted by Gasteiger charge is 2.95. The number of carbonyl (C=O) groups excluding carboxylic acids is 1. The Morgan fingerprint density at radius 3 is 1.50 bits per heavy atom. The molecule has 0 aliphatic carbocycles. The molecular formula is C20H16F17NO4. The van der Waals surface area contributed by atoms with Crippen molar-refractivity contribution in [1.29, 1.82) is 0 Å². The summed E-state index contributed by atoms with van der Waals surface area (Å²) in [5, 5.41) is 0. The summed E-state index contributed by atoms with van der Waals surface area (Å²) in [4.78, 5) is 11.5. The van der Waals surface area contributed by atoms with Gasteiger partial charge in [-0.3, -0.25) is 4.79 Å². The number of ether oxygens (including phenoxy) is 3. The third-order valence-electron chi connectivity index (χ3n) is 5.66. The molecule has 0 N–H and O–H groups in total. The largest absolute Gasteiger partial charge is 0.485 e. The Hall–Kier alpha value is -2.84. The lowest BCUT2D eigenvalue weighted by molar-refractivity contribution is -0.461. The first-order valence-electron chi connectivity index (χ1n) is 11.0. The van der Waals surface area contributed by atoms with Gasteiger partial charge in [0.05, 0.1) is 25.4 Å². The topological polar surface area (TPSA) is 49.7 Å². The monoisotopic (exact) mass is 657 g/mol. The van der Waals surface area contributed by atoms with Gasteiger partial charge in [0.2, 0.25) is 0 Å². The fraction of sp³-hybridized carbons (Fsp3) is 0.750. The minimum absolute atomic E-state index is 0.0504. The van der Waals surface area contributed by atoms with Gasteiger partial charge in [0.25, 0.3) is 0 Å². The molecule has 1 aromatic rings. The molecule has 42 heavy (non-hydrogen) atoms. The van der Waals surface area contributed by atoms with E-state index < -0.39 is 73.1 Å². The number of alkyl halides is 17. The quantitative estimate of drug-likeness (QED) is 0.131. The van der Waals surface area contributed by atoms with E-state index >= 15 is 0 Å². The molecule has 2 rings (SSSR count). The van der Waals surface area contributed by atoms with Crippen molar-refractivity contribution in [2.24, 2.45) is 0 Å². The molecule has 0 fully saturated rings. The van der Waals surface area contributed by atoms with Crippen LogP contribution in [0.4, 0.5) is 74.6 Å². The van der Waals surface area contributed by atoms with E-state index in [0.717, 1.165) is 0 Å². The van der Waals surface area contributed by atoms with Crippen LogP contribution < -0.4 is 9.47 Å². The van der Waals surface area contributed by atoms with Gasteiger partial charge < -0.3 is 18.8 Å². The Labute approximate surface area is 222 Å². The zero-order chi connectivity index (χ0) is 32.8. The summed E-state index contributed by atoms with van der Waals surface area (Å²) >= 11 is 0. The number of aromatic nitrogens is 1. The summed E-state index contributed by atoms with van der Waals surface area (Å²) in [7, 11) is 0. The van der Waals surface area contributed by atoms with E-state index in [4.69, 9.17) is 9.47 Å². The molecule has 0 radical (unpaired) electrons. The highest BCUT2D eigenvalue weighted by Crippen LogP contribution is 2.64. The van der Waals surface area contributed by atoms with Crippen molar-refractivity contribution in [3.05, 3.63) is 12.4 Å². The van der Waals surface area contributed by atoms with Crippen LogP contribution in [0.3, 0.4) is 0 Å². The van der Waals surface area contributed by atoms with Crippen LogP contribution >= 0.6 is 0 Å². The van der Waals surface area contributed by atoms with E-state index in [2.05, 4.69) is 4.74 Å². The lowest BCUT2D eigenvalue weighted by Gasteiger charge is -2.42. The summed E-state index contributed by atoms with van der Waals surface area (Å²) in [5.41, 5.74) is 0. The maximum absolute atomic E-state index is 13.9. The number of rotatable bonds is 13. The predicted octanol–water partition coefficient (Wildman–Crippen LogP) is 6.98. The Bertz CT molecular complexity index is 1090. The first-order valence-corrected chi connectivity index (χ1v) is 11.0. The molecule has 0 aromatic carbocycles. The number of nitrogens with zero attached hydrogens (tertiary/aromatic N) is 1. The van der Waals surface area contributed by atoms with Gasteiger partial charge in [-0.05, 0) is 6.42 Å². The van der Waals surface area contributed by atoms with Crippen LogP contribution in [0.25, 0.3) is 0 Å².